The number of nitrogens with zero attached hydrogens (tertiary/aromatic N) is 1. The van der Waals surface area contributed by atoms with Crippen LogP contribution in [0.3, 0.4) is 0 Å². The van der Waals surface area contributed by atoms with E-state index in [2.05, 4.69) is 4.72 Å². The Morgan fingerprint density at radius 2 is 1.75 bits per heavy atom. The van der Waals surface area contributed by atoms with Crippen LogP contribution in [0.2, 0.25) is 0 Å². The second-order valence-corrected chi connectivity index (χ2v) is 7.46. The first-order valence-electron chi connectivity index (χ1n) is 7.60. The summed E-state index contributed by atoms with van der Waals surface area (Å²) >= 11 is 0. The zero-order valence-electron chi connectivity index (χ0n) is 13.7. The molecule has 0 aliphatic carbocycles. The average molecular weight is 348 g/mol. The molecule has 0 amide bonds. The minimum Gasteiger partial charge on any atom is -0.258 e. The quantitative estimate of drug-likeness (QED) is 0.473. The van der Waals surface area contributed by atoms with Crippen molar-refractivity contribution in [3.63, 3.8) is 0 Å². The Labute approximate surface area is 141 Å². The van der Waals surface area contributed by atoms with E-state index in [1.165, 1.54) is 17.7 Å². The summed E-state index contributed by atoms with van der Waals surface area (Å²) in [4.78, 5) is 10.3. The number of sulfonamides is 1. The summed E-state index contributed by atoms with van der Waals surface area (Å²) in [6.07, 6.45) is 1.41. The van der Waals surface area contributed by atoms with Crippen LogP contribution in [0.4, 0.5) is 5.69 Å². The van der Waals surface area contributed by atoms with Crippen molar-refractivity contribution in [1.29, 1.82) is 0 Å². The molecule has 0 atom stereocenters. The largest absolute Gasteiger partial charge is 0.273 e. The SMILES string of the molecule is Cc1ccc(CCCNS(=O)(=O)c2ccc(C)c([N+](=O)[O-])c2)cc1. The van der Waals surface area contributed by atoms with Crippen LogP contribution < -0.4 is 4.72 Å². The van der Waals surface area contributed by atoms with Crippen molar-refractivity contribution in [2.24, 2.45) is 0 Å². The lowest BCUT2D eigenvalue weighted by Crippen LogP contribution is -2.25. The van der Waals surface area contributed by atoms with Crippen LogP contribution in [-0.4, -0.2) is 19.9 Å². The number of hydrogen-bond acceptors (Lipinski definition) is 4. The van der Waals surface area contributed by atoms with Gasteiger partial charge in [-0.1, -0.05) is 35.9 Å². The number of nitrogens with one attached hydrogen (secondary N) is 1. The molecule has 0 heterocycles. The lowest BCUT2D eigenvalue weighted by Gasteiger charge is -2.08. The molecule has 1 N–H and O–H groups in total. The fourth-order valence-electron chi connectivity index (χ4n) is 2.29. The van der Waals surface area contributed by atoms with Crippen LogP contribution in [-0.2, 0) is 16.4 Å². The molecule has 0 aliphatic rings. The van der Waals surface area contributed by atoms with Gasteiger partial charge in [0.1, 0.15) is 0 Å². The first kappa shape index (κ1) is 18.1. The minimum absolute atomic E-state index is 0.0878. The molecule has 0 aromatic heterocycles. The van der Waals surface area contributed by atoms with Crippen molar-refractivity contribution in [1.82, 2.24) is 4.72 Å². The summed E-state index contributed by atoms with van der Waals surface area (Å²) in [6.45, 7) is 3.86. The summed E-state index contributed by atoms with van der Waals surface area (Å²) < 4.78 is 27.0. The van der Waals surface area contributed by atoms with E-state index < -0.39 is 14.9 Å². The average Bonchev–Trinajstić information content (AvgIpc) is 2.53. The van der Waals surface area contributed by atoms with E-state index in [1.54, 1.807) is 6.92 Å². The smallest absolute Gasteiger partial charge is 0.258 e. The predicted octanol–water partition coefficient (Wildman–Crippen LogP) is 3.12. The first-order valence-corrected chi connectivity index (χ1v) is 9.08. The Morgan fingerprint density at radius 1 is 1.08 bits per heavy atom. The van der Waals surface area contributed by atoms with E-state index in [0.29, 0.717) is 12.0 Å². The maximum absolute atomic E-state index is 12.2. The number of hydrogen-bond donors (Lipinski definition) is 1. The Bertz CT molecular complexity index is 830. The molecule has 2 aromatic rings. The van der Waals surface area contributed by atoms with E-state index in [9.17, 15) is 18.5 Å². The van der Waals surface area contributed by atoms with Crippen LogP contribution in [0.15, 0.2) is 47.4 Å². The highest BCUT2D eigenvalue weighted by Gasteiger charge is 2.19. The van der Waals surface area contributed by atoms with Crippen LogP contribution in [0.25, 0.3) is 0 Å². The molecule has 7 heteroatoms. The molecular weight excluding hydrogens is 328 g/mol. The van der Waals surface area contributed by atoms with Crippen molar-refractivity contribution in [3.05, 3.63) is 69.3 Å². The molecular formula is C17H20N2O4S. The van der Waals surface area contributed by atoms with E-state index >= 15 is 0 Å². The molecule has 0 unspecified atom stereocenters. The minimum atomic E-state index is -3.75. The van der Waals surface area contributed by atoms with Gasteiger partial charge in [-0.2, -0.15) is 0 Å². The van der Waals surface area contributed by atoms with Crippen molar-refractivity contribution in [2.45, 2.75) is 31.6 Å². The van der Waals surface area contributed by atoms with Gasteiger partial charge < -0.3 is 0 Å². The predicted molar refractivity (Wildman–Crippen MR) is 92.5 cm³/mol. The van der Waals surface area contributed by atoms with Gasteiger partial charge in [0.05, 0.1) is 9.82 Å². The van der Waals surface area contributed by atoms with Gasteiger partial charge in [-0.15, -0.1) is 0 Å². The zero-order valence-corrected chi connectivity index (χ0v) is 14.5. The molecule has 0 aliphatic heterocycles. The van der Waals surface area contributed by atoms with Gasteiger partial charge in [-0.25, -0.2) is 13.1 Å². The maximum atomic E-state index is 12.2. The lowest BCUT2D eigenvalue weighted by molar-refractivity contribution is -0.385. The molecule has 2 rings (SSSR count). The van der Waals surface area contributed by atoms with Crippen molar-refractivity contribution >= 4 is 15.7 Å². The molecule has 24 heavy (non-hydrogen) atoms. The standard InChI is InChI=1S/C17H20N2O4S/c1-13-5-8-15(9-6-13)4-3-11-18-24(22,23)16-10-7-14(2)17(12-16)19(20)21/h5-10,12,18H,3-4,11H2,1-2H3. The van der Waals surface area contributed by atoms with Crippen LogP contribution in [0.5, 0.6) is 0 Å². The second kappa shape index (κ2) is 7.55. The van der Waals surface area contributed by atoms with Crippen LogP contribution >= 0.6 is 0 Å². The summed E-state index contributed by atoms with van der Waals surface area (Å²) in [5.74, 6) is 0. The molecule has 0 radical (unpaired) electrons. The summed E-state index contributed by atoms with van der Waals surface area (Å²) in [6, 6.07) is 12.0. The topological polar surface area (TPSA) is 89.3 Å². The van der Waals surface area contributed by atoms with Crippen molar-refractivity contribution in [3.8, 4) is 0 Å². The zero-order chi connectivity index (χ0) is 17.7. The fraction of sp³-hybridized carbons (Fsp3) is 0.294. The molecule has 6 nitrogen and oxygen atoms in total. The fourth-order valence-corrected chi connectivity index (χ4v) is 3.38. The van der Waals surface area contributed by atoms with E-state index in [0.717, 1.165) is 18.1 Å². The third kappa shape index (κ3) is 4.62. The molecule has 2 aromatic carbocycles. The maximum Gasteiger partial charge on any atom is 0.273 e. The Balaban J connectivity index is 1.97. The van der Waals surface area contributed by atoms with Gasteiger partial charge >= 0.3 is 0 Å². The van der Waals surface area contributed by atoms with Gasteiger partial charge in [0.15, 0.2) is 0 Å². The Morgan fingerprint density at radius 3 is 2.38 bits per heavy atom. The van der Waals surface area contributed by atoms with E-state index in [4.69, 9.17) is 0 Å². The van der Waals surface area contributed by atoms with Gasteiger partial charge in [0.25, 0.3) is 5.69 Å². The van der Waals surface area contributed by atoms with Crippen molar-refractivity contribution in [2.75, 3.05) is 6.54 Å². The molecule has 0 bridgehead atoms. The number of rotatable bonds is 7. The Kier molecular flexibility index (Phi) is 5.69. The molecule has 0 spiro atoms. The number of benzene rings is 2. The van der Waals surface area contributed by atoms with Crippen LogP contribution in [0, 0.1) is 24.0 Å². The molecule has 0 saturated carbocycles. The summed E-state index contributed by atoms with van der Waals surface area (Å²) in [7, 11) is -3.75. The lowest BCUT2D eigenvalue weighted by atomic mass is 10.1. The van der Waals surface area contributed by atoms with E-state index in [-0.39, 0.29) is 17.1 Å². The molecule has 0 fully saturated rings. The van der Waals surface area contributed by atoms with Gasteiger partial charge in [-0.3, -0.25) is 10.1 Å². The van der Waals surface area contributed by atoms with Gasteiger partial charge in [0.2, 0.25) is 10.0 Å². The third-order valence-corrected chi connectivity index (χ3v) is 5.20. The van der Waals surface area contributed by atoms with Gasteiger partial charge in [-0.05, 0) is 38.3 Å². The summed E-state index contributed by atoms with van der Waals surface area (Å²) in [5, 5.41) is 10.9. The second-order valence-electron chi connectivity index (χ2n) is 5.69. The van der Waals surface area contributed by atoms with E-state index in [1.807, 2.05) is 31.2 Å². The Hall–Kier alpha value is -2.25. The monoisotopic (exact) mass is 348 g/mol. The number of nitro benzene ring substituents is 1. The number of aryl methyl sites for hydroxylation is 3. The summed E-state index contributed by atoms with van der Waals surface area (Å²) in [5.41, 5.74) is 2.56. The van der Waals surface area contributed by atoms with Crippen LogP contribution in [0.1, 0.15) is 23.1 Å². The number of nitro groups is 1. The molecule has 128 valence electrons. The first-order chi connectivity index (χ1) is 11.3. The van der Waals surface area contributed by atoms with Gasteiger partial charge in [0, 0.05) is 18.2 Å². The highest BCUT2D eigenvalue weighted by Crippen LogP contribution is 2.22. The van der Waals surface area contributed by atoms with Crippen molar-refractivity contribution < 1.29 is 13.3 Å². The highest BCUT2D eigenvalue weighted by atomic mass is 32.2. The third-order valence-electron chi connectivity index (χ3n) is 3.74. The molecule has 0 saturated heterocycles. The normalized spacial score (nSPS) is 11.4. The highest BCUT2D eigenvalue weighted by molar-refractivity contribution is 7.89.